The van der Waals surface area contributed by atoms with Crippen LogP contribution in [0.2, 0.25) is 0 Å². The predicted octanol–water partition coefficient (Wildman–Crippen LogP) is 2.40. The van der Waals surface area contributed by atoms with Crippen LogP contribution in [-0.2, 0) is 13.0 Å². The second kappa shape index (κ2) is 6.86. The van der Waals surface area contributed by atoms with Crippen molar-refractivity contribution in [2.75, 3.05) is 11.4 Å². The molecule has 6 heteroatoms. The third-order valence-corrected chi connectivity index (χ3v) is 5.38. The first-order valence-corrected chi connectivity index (χ1v) is 9.24. The maximum Gasteiger partial charge on any atom is 0.251 e. The van der Waals surface area contributed by atoms with E-state index in [0.717, 1.165) is 37.6 Å². The van der Waals surface area contributed by atoms with Gasteiger partial charge in [-0.3, -0.25) is 4.79 Å². The molecule has 6 nitrogen and oxygen atoms in total. The smallest absolute Gasteiger partial charge is 0.251 e. The maximum atomic E-state index is 12.7. The van der Waals surface area contributed by atoms with Gasteiger partial charge in [-0.2, -0.15) is 0 Å². The molecule has 1 N–H and O–H groups in total. The standard InChI is InChI=1S/C19H25N5O/c1-14-4-2-3-10-24(14)18-12-15(7-8-20-18)19(25)22-16-5-6-17-21-9-11-23(17)13-16/h7-9,11-12,14,16H,2-6,10,13H2,1H3,(H,22,25)/t14-,16+/m0/s1. The van der Waals surface area contributed by atoms with Gasteiger partial charge in [-0.1, -0.05) is 0 Å². The van der Waals surface area contributed by atoms with E-state index in [1.807, 2.05) is 18.5 Å². The fourth-order valence-electron chi connectivity index (χ4n) is 3.91. The second-order valence-corrected chi connectivity index (χ2v) is 7.15. The van der Waals surface area contributed by atoms with E-state index >= 15 is 0 Å². The number of carbonyl (C=O) groups excluding carboxylic acids is 1. The average molecular weight is 339 g/mol. The highest BCUT2D eigenvalue weighted by atomic mass is 16.1. The Morgan fingerprint density at radius 2 is 2.16 bits per heavy atom. The van der Waals surface area contributed by atoms with Crippen molar-refractivity contribution in [2.24, 2.45) is 0 Å². The Morgan fingerprint density at radius 3 is 3.04 bits per heavy atom. The van der Waals surface area contributed by atoms with Crippen molar-refractivity contribution in [3.8, 4) is 0 Å². The Balaban J connectivity index is 1.45. The summed E-state index contributed by atoms with van der Waals surface area (Å²) in [4.78, 5) is 23.8. The van der Waals surface area contributed by atoms with Gasteiger partial charge in [-0.25, -0.2) is 9.97 Å². The molecule has 4 heterocycles. The molecule has 0 saturated carbocycles. The summed E-state index contributed by atoms with van der Waals surface area (Å²) in [6.07, 6.45) is 11.1. The first kappa shape index (κ1) is 16.1. The van der Waals surface area contributed by atoms with E-state index in [1.165, 1.54) is 19.3 Å². The highest BCUT2D eigenvalue weighted by Crippen LogP contribution is 2.23. The number of anilines is 1. The molecule has 0 spiro atoms. The van der Waals surface area contributed by atoms with Crippen molar-refractivity contribution < 1.29 is 4.79 Å². The largest absolute Gasteiger partial charge is 0.354 e. The van der Waals surface area contributed by atoms with Crippen LogP contribution in [0.1, 0.15) is 48.8 Å². The lowest BCUT2D eigenvalue weighted by Gasteiger charge is -2.34. The number of pyridine rings is 1. The number of piperidine rings is 1. The lowest BCUT2D eigenvalue weighted by atomic mass is 10.0. The maximum absolute atomic E-state index is 12.7. The van der Waals surface area contributed by atoms with E-state index < -0.39 is 0 Å². The SMILES string of the molecule is C[C@H]1CCCCN1c1cc(C(=O)N[C@@H]2CCc3nccn3C2)ccn1. The minimum absolute atomic E-state index is 0.0122. The Bertz CT molecular complexity index is 756. The van der Waals surface area contributed by atoms with Crippen LogP contribution in [0.4, 0.5) is 5.82 Å². The molecule has 25 heavy (non-hydrogen) atoms. The molecule has 132 valence electrons. The predicted molar refractivity (Wildman–Crippen MR) is 96.7 cm³/mol. The summed E-state index contributed by atoms with van der Waals surface area (Å²) >= 11 is 0. The molecule has 2 atom stereocenters. The highest BCUT2D eigenvalue weighted by Gasteiger charge is 2.23. The van der Waals surface area contributed by atoms with Crippen LogP contribution in [0.15, 0.2) is 30.7 Å². The third kappa shape index (κ3) is 3.38. The fourth-order valence-corrected chi connectivity index (χ4v) is 3.91. The van der Waals surface area contributed by atoms with Crippen molar-refractivity contribution in [2.45, 2.75) is 57.7 Å². The number of rotatable bonds is 3. The Morgan fingerprint density at radius 1 is 1.24 bits per heavy atom. The molecule has 0 bridgehead atoms. The van der Waals surface area contributed by atoms with Gasteiger partial charge in [0.2, 0.25) is 0 Å². The van der Waals surface area contributed by atoms with Gasteiger partial charge in [0.1, 0.15) is 11.6 Å². The van der Waals surface area contributed by atoms with Crippen LogP contribution in [-0.4, -0.2) is 39.1 Å². The number of amides is 1. The summed E-state index contributed by atoms with van der Waals surface area (Å²) in [6.45, 7) is 4.05. The Kier molecular flexibility index (Phi) is 4.42. The van der Waals surface area contributed by atoms with E-state index in [9.17, 15) is 4.79 Å². The molecule has 1 amide bonds. The summed E-state index contributed by atoms with van der Waals surface area (Å²) in [5, 5.41) is 3.17. The summed E-state index contributed by atoms with van der Waals surface area (Å²) < 4.78 is 2.13. The summed E-state index contributed by atoms with van der Waals surface area (Å²) in [5.74, 6) is 2.01. The minimum atomic E-state index is -0.0122. The molecule has 0 aliphatic carbocycles. The quantitative estimate of drug-likeness (QED) is 0.933. The number of fused-ring (bicyclic) bond motifs is 1. The molecule has 2 aromatic rings. The zero-order valence-electron chi connectivity index (χ0n) is 14.7. The van der Waals surface area contributed by atoms with Gasteiger partial charge in [-0.15, -0.1) is 0 Å². The van der Waals surface area contributed by atoms with E-state index in [4.69, 9.17) is 0 Å². The van der Waals surface area contributed by atoms with Crippen molar-refractivity contribution in [1.29, 1.82) is 0 Å². The zero-order valence-corrected chi connectivity index (χ0v) is 14.7. The molecule has 0 radical (unpaired) electrons. The topological polar surface area (TPSA) is 63.1 Å². The molecule has 2 aliphatic rings. The van der Waals surface area contributed by atoms with Gasteiger partial charge in [0.05, 0.1) is 0 Å². The first-order chi connectivity index (χ1) is 12.2. The van der Waals surface area contributed by atoms with E-state index in [-0.39, 0.29) is 11.9 Å². The number of nitrogens with one attached hydrogen (secondary N) is 1. The number of aryl methyl sites for hydroxylation is 1. The number of hydrogen-bond acceptors (Lipinski definition) is 4. The molecule has 1 fully saturated rings. The van der Waals surface area contributed by atoms with Crippen LogP contribution < -0.4 is 10.2 Å². The number of carbonyl (C=O) groups is 1. The van der Waals surface area contributed by atoms with Gasteiger partial charge >= 0.3 is 0 Å². The van der Waals surface area contributed by atoms with Crippen LogP contribution in [0.3, 0.4) is 0 Å². The third-order valence-electron chi connectivity index (χ3n) is 5.38. The number of hydrogen-bond donors (Lipinski definition) is 1. The van der Waals surface area contributed by atoms with Gasteiger partial charge in [-0.05, 0) is 44.7 Å². The van der Waals surface area contributed by atoms with Crippen LogP contribution in [0, 0.1) is 0 Å². The normalized spacial score (nSPS) is 23.2. The van der Waals surface area contributed by atoms with Gasteiger partial charge in [0.15, 0.2) is 0 Å². The van der Waals surface area contributed by atoms with Gasteiger partial charge in [0.25, 0.3) is 5.91 Å². The molecule has 2 aliphatic heterocycles. The number of aromatic nitrogens is 3. The zero-order chi connectivity index (χ0) is 17.2. The Labute approximate surface area is 148 Å². The molecule has 0 unspecified atom stereocenters. The molecule has 4 rings (SSSR count). The lowest BCUT2D eigenvalue weighted by molar-refractivity contribution is 0.0927. The van der Waals surface area contributed by atoms with Crippen molar-refractivity contribution in [1.82, 2.24) is 19.9 Å². The first-order valence-electron chi connectivity index (χ1n) is 9.24. The van der Waals surface area contributed by atoms with Crippen molar-refractivity contribution >= 4 is 11.7 Å². The van der Waals surface area contributed by atoms with Crippen molar-refractivity contribution in [3.63, 3.8) is 0 Å². The summed E-state index contributed by atoms with van der Waals surface area (Å²) in [6, 6.07) is 4.37. The van der Waals surface area contributed by atoms with Crippen LogP contribution >= 0.6 is 0 Å². The van der Waals surface area contributed by atoms with E-state index in [1.54, 1.807) is 12.3 Å². The van der Waals surface area contributed by atoms with Crippen LogP contribution in [0.25, 0.3) is 0 Å². The van der Waals surface area contributed by atoms with Crippen molar-refractivity contribution in [3.05, 3.63) is 42.1 Å². The minimum Gasteiger partial charge on any atom is -0.354 e. The van der Waals surface area contributed by atoms with Gasteiger partial charge in [0, 0.05) is 55.7 Å². The fraction of sp³-hybridized carbons (Fsp3) is 0.526. The molecular formula is C19H25N5O. The molecule has 1 saturated heterocycles. The molecule has 0 aromatic carbocycles. The second-order valence-electron chi connectivity index (χ2n) is 7.15. The average Bonchev–Trinajstić information content (AvgIpc) is 3.10. The lowest BCUT2D eigenvalue weighted by Crippen LogP contribution is -2.41. The summed E-state index contributed by atoms with van der Waals surface area (Å²) in [5.41, 5.74) is 0.694. The monoisotopic (exact) mass is 339 g/mol. The summed E-state index contributed by atoms with van der Waals surface area (Å²) in [7, 11) is 0. The number of nitrogens with zero attached hydrogens (tertiary/aromatic N) is 4. The Hall–Kier alpha value is -2.37. The molecular weight excluding hydrogens is 314 g/mol. The van der Waals surface area contributed by atoms with Gasteiger partial charge < -0.3 is 14.8 Å². The van der Waals surface area contributed by atoms with E-state index in [0.29, 0.717) is 11.6 Å². The number of imidazole rings is 1. The van der Waals surface area contributed by atoms with Crippen LogP contribution in [0.5, 0.6) is 0 Å². The van der Waals surface area contributed by atoms with E-state index in [2.05, 4.69) is 31.7 Å². The highest BCUT2D eigenvalue weighted by molar-refractivity contribution is 5.95. The molecule has 2 aromatic heterocycles.